The van der Waals surface area contributed by atoms with Crippen LogP contribution in [0.15, 0.2) is 24.5 Å². The molecule has 0 radical (unpaired) electrons. The molecule has 0 aliphatic heterocycles. The Morgan fingerprint density at radius 2 is 2.00 bits per heavy atom. The molecule has 0 amide bonds. The average molecular weight is 163 g/mol. The van der Waals surface area contributed by atoms with Crippen LogP contribution in [0.1, 0.15) is 25.3 Å². The Bertz CT molecular complexity index is 264. The highest BCUT2D eigenvalue weighted by atomic mass is 16.3. The van der Waals surface area contributed by atoms with Gasteiger partial charge in [0.15, 0.2) is 0 Å². The first-order valence-electron chi connectivity index (χ1n) is 4.34. The Morgan fingerprint density at radius 1 is 1.42 bits per heavy atom. The predicted octanol–water partition coefficient (Wildman–Crippen LogP) is 1.70. The summed E-state index contributed by atoms with van der Waals surface area (Å²) in [6, 6.07) is 3.77. The summed E-state index contributed by atoms with van der Waals surface area (Å²) in [5.41, 5.74) is 0.350. The van der Waals surface area contributed by atoms with Crippen LogP contribution >= 0.6 is 0 Å². The van der Waals surface area contributed by atoms with Crippen molar-refractivity contribution < 1.29 is 5.11 Å². The molecular formula is C10H13NO. The third-order valence-corrected chi connectivity index (χ3v) is 2.64. The molecular weight excluding hydrogens is 150 g/mol. The van der Waals surface area contributed by atoms with Gasteiger partial charge >= 0.3 is 0 Å². The fourth-order valence-electron chi connectivity index (χ4n) is 1.57. The first-order chi connectivity index (χ1) is 5.71. The standard InChI is InChI=1S/C10H13NO/c1-10(12,8-2-3-8)9-4-6-11-7-5-9/h4-8,12H,2-3H2,1H3. The van der Waals surface area contributed by atoms with Crippen LogP contribution in [0.2, 0.25) is 0 Å². The smallest absolute Gasteiger partial charge is 0.0897 e. The van der Waals surface area contributed by atoms with Crippen molar-refractivity contribution in [3.8, 4) is 0 Å². The van der Waals surface area contributed by atoms with E-state index >= 15 is 0 Å². The van der Waals surface area contributed by atoms with Crippen LogP contribution in [0.25, 0.3) is 0 Å². The van der Waals surface area contributed by atoms with E-state index in [1.54, 1.807) is 12.4 Å². The largest absolute Gasteiger partial charge is 0.385 e. The molecule has 1 N–H and O–H groups in total. The van der Waals surface area contributed by atoms with E-state index in [-0.39, 0.29) is 0 Å². The van der Waals surface area contributed by atoms with E-state index in [9.17, 15) is 5.11 Å². The van der Waals surface area contributed by atoms with Crippen molar-refractivity contribution in [2.75, 3.05) is 0 Å². The molecule has 1 fully saturated rings. The molecule has 2 nitrogen and oxygen atoms in total. The van der Waals surface area contributed by atoms with E-state index in [0.29, 0.717) is 5.92 Å². The van der Waals surface area contributed by atoms with Crippen molar-refractivity contribution in [3.05, 3.63) is 30.1 Å². The van der Waals surface area contributed by atoms with Gasteiger partial charge in [-0.1, -0.05) is 0 Å². The van der Waals surface area contributed by atoms with Crippen LogP contribution in [0.3, 0.4) is 0 Å². The van der Waals surface area contributed by atoms with Crippen LogP contribution in [0.5, 0.6) is 0 Å². The van der Waals surface area contributed by atoms with E-state index in [4.69, 9.17) is 0 Å². The molecule has 0 saturated heterocycles. The zero-order valence-electron chi connectivity index (χ0n) is 7.20. The van der Waals surface area contributed by atoms with Gasteiger partial charge in [-0.25, -0.2) is 0 Å². The van der Waals surface area contributed by atoms with E-state index in [2.05, 4.69) is 4.98 Å². The fourth-order valence-corrected chi connectivity index (χ4v) is 1.57. The minimum atomic E-state index is -0.636. The molecule has 64 valence electrons. The number of aliphatic hydroxyl groups is 1. The normalized spacial score (nSPS) is 21.8. The maximum Gasteiger partial charge on any atom is 0.0897 e. The quantitative estimate of drug-likeness (QED) is 0.719. The molecule has 0 spiro atoms. The lowest BCUT2D eigenvalue weighted by molar-refractivity contribution is 0.0330. The average Bonchev–Trinajstić information content (AvgIpc) is 2.88. The van der Waals surface area contributed by atoms with E-state index in [0.717, 1.165) is 18.4 Å². The molecule has 1 heterocycles. The molecule has 1 aliphatic rings. The minimum Gasteiger partial charge on any atom is -0.385 e. The fraction of sp³-hybridized carbons (Fsp3) is 0.500. The van der Waals surface area contributed by atoms with Gasteiger partial charge in [-0.15, -0.1) is 0 Å². The molecule has 1 atom stereocenters. The zero-order chi connectivity index (χ0) is 8.60. The van der Waals surface area contributed by atoms with E-state index < -0.39 is 5.60 Å². The van der Waals surface area contributed by atoms with Gasteiger partial charge in [-0.05, 0) is 43.4 Å². The molecule has 0 aromatic carbocycles. The lowest BCUT2D eigenvalue weighted by Crippen LogP contribution is -2.23. The number of pyridine rings is 1. The summed E-state index contributed by atoms with van der Waals surface area (Å²) in [4.78, 5) is 3.93. The first-order valence-corrected chi connectivity index (χ1v) is 4.34. The molecule has 2 rings (SSSR count). The lowest BCUT2D eigenvalue weighted by atomic mass is 9.92. The Labute approximate surface area is 72.3 Å². The van der Waals surface area contributed by atoms with Crippen molar-refractivity contribution in [1.82, 2.24) is 4.98 Å². The molecule has 0 bridgehead atoms. The Hall–Kier alpha value is -0.890. The van der Waals surface area contributed by atoms with Crippen LogP contribution < -0.4 is 0 Å². The van der Waals surface area contributed by atoms with E-state index in [1.807, 2.05) is 19.1 Å². The summed E-state index contributed by atoms with van der Waals surface area (Å²) >= 11 is 0. The van der Waals surface area contributed by atoms with Crippen LogP contribution in [0.4, 0.5) is 0 Å². The molecule has 1 unspecified atom stereocenters. The van der Waals surface area contributed by atoms with Gasteiger partial charge in [0.2, 0.25) is 0 Å². The SMILES string of the molecule is CC(O)(c1ccncc1)C1CC1. The maximum absolute atomic E-state index is 10.1. The van der Waals surface area contributed by atoms with Crippen LogP contribution in [-0.2, 0) is 5.60 Å². The lowest BCUT2D eigenvalue weighted by Gasteiger charge is -2.22. The highest BCUT2D eigenvalue weighted by Gasteiger charge is 2.40. The van der Waals surface area contributed by atoms with Crippen molar-refractivity contribution in [3.63, 3.8) is 0 Å². The van der Waals surface area contributed by atoms with Gasteiger partial charge in [0, 0.05) is 12.4 Å². The first kappa shape index (κ1) is 7.74. The molecule has 1 saturated carbocycles. The molecule has 12 heavy (non-hydrogen) atoms. The second-order valence-electron chi connectivity index (χ2n) is 3.66. The number of nitrogens with zero attached hydrogens (tertiary/aromatic N) is 1. The Kier molecular flexibility index (Phi) is 1.65. The van der Waals surface area contributed by atoms with Gasteiger partial charge in [0.1, 0.15) is 0 Å². The molecule has 1 aliphatic carbocycles. The zero-order valence-corrected chi connectivity index (χ0v) is 7.20. The van der Waals surface area contributed by atoms with Crippen LogP contribution in [-0.4, -0.2) is 10.1 Å². The maximum atomic E-state index is 10.1. The summed E-state index contributed by atoms with van der Waals surface area (Å²) < 4.78 is 0. The van der Waals surface area contributed by atoms with Crippen LogP contribution in [0, 0.1) is 5.92 Å². The van der Waals surface area contributed by atoms with Gasteiger partial charge in [0.05, 0.1) is 5.60 Å². The number of hydrogen-bond donors (Lipinski definition) is 1. The summed E-state index contributed by atoms with van der Waals surface area (Å²) in [5, 5.41) is 10.1. The summed E-state index contributed by atoms with van der Waals surface area (Å²) in [6.07, 6.45) is 5.75. The van der Waals surface area contributed by atoms with E-state index in [1.165, 1.54) is 0 Å². The third kappa shape index (κ3) is 1.23. The number of hydrogen-bond acceptors (Lipinski definition) is 2. The second kappa shape index (κ2) is 2.56. The predicted molar refractivity (Wildman–Crippen MR) is 46.5 cm³/mol. The van der Waals surface area contributed by atoms with Crippen molar-refractivity contribution >= 4 is 0 Å². The number of aromatic nitrogens is 1. The monoisotopic (exact) mass is 163 g/mol. The van der Waals surface area contributed by atoms with Crippen molar-refractivity contribution in [1.29, 1.82) is 0 Å². The van der Waals surface area contributed by atoms with Gasteiger partial charge < -0.3 is 5.11 Å². The molecule has 2 heteroatoms. The topological polar surface area (TPSA) is 33.1 Å². The third-order valence-electron chi connectivity index (χ3n) is 2.64. The van der Waals surface area contributed by atoms with Gasteiger partial charge in [0.25, 0.3) is 0 Å². The highest BCUT2D eigenvalue weighted by Crippen LogP contribution is 2.45. The Morgan fingerprint density at radius 3 is 2.50 bits per heavy atom. The summed E-state index contributed by atoms with van der Waals surface area (Å²) in [5.74, 6) is 0.458. The molecule has 1 aromatic heterocycles. The minimum absolute atomic E-state index is 0.458. The van der Waals surface area contributed by atoms with Gasteiger partial charge in [-0.2, -0.15) is 0 Å². The highest BCUT2D eigenvalue weighted by molar-refractivity contribution is 5.20. The number of rotatable bonds is 2. The summed E-state index contributed by atoms with van der Waals surface area (Å²) in [7, 11) is 0. The van der Waals surface area contributed by atoms with Crippen molar-refractivity contribution in [2.24, 2.45) is 5.92 Å². The summed E-state index contributed by atoms with van der Waals surface area (Å²) in [6.45, 7) is 1.89. The molecule has 1 aromatic rings. The van der Waals surface area contributed by atoms with Crippen molar-refractivity contribution in [2.45, 2.75) is 25.4 Å². The second-order valence-corrected chi connectivity index (χ2v) is 3.66. The van der Waals surface area contributed by atoms with Gasteiger partial charge in [-0.3, -0.25) is 4.98 Å². The Balaban J connectivity index is 2.28.